The van der Waals surface area contributed by atoms with Gasteiger partial charge in [-0.1, -0.05) is 12.1 Å². The fraction of sp³-hybridized carbons (Fsp3) is 0.643. The van der Waals surface area contributed by atoms with Gasteiger partial charge in [-0.25, -0.2) is 0 Å². The van der Waals surface area contributed by atoms with Crippen LogP contribution in [0.1, 0.15) is 55.9 Å². The number of aryl methyl sites for hydroxylation is 2. The van der Waals surface area contributed by atoms with Crippen molar-refractivity contribution in [3.63, 3.8) is 0 Å². The Morgan fingerprint density at radius 2 is 1.95 bits per heavy atom. The van der Waals surface area contributed by atoms with Crippen molar-refractivity contribution in [2.24, 2.45) is 0 Å². The van der Waals surface area contributed by atoms with Crippen LogP contribution in [0.4, 0.5) is 0 Å². The summed E-state index contributed by atoms with van der Waals surface area (Å²) < 4.78 is 5.08. The van der Waals surface area contributed by atoms with Crippen molar-refractivity contribution in [1.82, 2.24) is 10.1 Å². The molecule has 1 rings (SSSR count). The van der Waals surface area contributed by atoms with Gasteiger partial charge < -0.3 is 14.5 Å². The molecule has 0 unspecified atom stereocenters. The van der Waals surface area contributed by atoms with E-state index in [4.69, 9.17) is 9.63 Å². The Balaban J connectivity index is 3.10. The molecular weight excluding hydrogens is 260 g/mol. The van der Waals surface area contributed by atoms with Gasteiger partial charge in [0, 0.05) is 12.1 Å². The van der Waals surface area contributed by atoms with E-state index in [0.29, 0.717) is 23.4 Å². The van der Waals surface area contributed by atoms with E-state index in [1.807, 2.05) is 27.7 Å². The molecular formula is C14H22N2O4. The highest BCUT2D eigenvalue weighted by atomic mass is 16.5. The van der Waals surface area contributed by atoms with Crippen molar-refractivity contribution < 1.29 is 19.2 Å². The molecule has 0 aliphatic carbocycles. The number of hydrogen-bond acceptors (Lipinski definition) is 4. The first-order valence-electron chi connectivity index (χ1n) is 6.67. The number of carboxylic acids is 1. The van der Waals surface area contributed by atoms with Crippen molar-refractivity contribution in [2.75, 3.05) is 6.54 Å². The van der Waals surface area contributed by atoms with Crippen molar-refractivity contribution in [3.8, 4) is 0 Å². The maximum atomic E-state index is 12.7. The Bertz CT molecular complexity index is 500. The van der Waals surface area contributed by atoms with Crippen LogP contribution in [-0.4, -0.2) is 39.1 Å². The van der Waals surface area contributed by atoms with Crippen molar-refractivity contribution in [2.45, 2.75) is 53.0 Å². The molecule has 0 radical (unpaired) electrons. The molecule has 1 aromatic heterocycles. The zero-order valence-corrected chi connectivity index (χ0v) is 12.7. The predicted molar refractivity (Wildman–Crippen MR) is 73.7 cm³/mol. The molecule has 0 saturated carbocycles. The topological polar surface area (TPSA) is 83.6 Å². The highest BCUT2D eigenvalue weighted by Crippen LogP contribution is 2.22. The third-order valence-corrected chi connectivity index (χ3v) is 3.09. The summed E-state index contributed by atoms with van der Waals surface area (Å²) in [5.41, 5.74) is 0.589. The minimum Gasteiger partial charge on any atom is -0.481 e. The summed E-state index contributed by atoms with van der Waals surface area (Å²) in [5, 5.41) is 12.7. The van der Waals surface area contributed by atoms with Crippen LogP contribution >= 0.6 is 0 Å². The molecule has 0 spiro atoms. The Morgan fingerprint density at radius 1 is 1.35 bits per heavy atom. The third kappa shape index (κ3) is 3.59. The van der Waals surface area contributed by atoms with E-state index in [9.17, 15) is 9.59 Å². The standard InChI is InChI=1S/C14H22N2O4/c1-6-10-12(9(2)20-15-10)13(19)16(14(3,4)5)8-7-11(17)18/h6-8H2,1-5H3,(H,17,18). The molecule has 6 nitrogen and oxygen atoms in total. The second-order valence-electron chi connectivity index (χ2n) is 5.69. The minimum absolute atomic E-state index is 0.0885. The fourth-order valence-electron chi connectivity index (χ4n) is 2.02. The lowest BCUT2D eigenvalue weighted by atomic mass is 10.0. The van der Waals surface area contributed by atoms with Gasteiger partial charge in [0.25, 0.3) is 5.91 Å². The van der Waals surface area contributed by atoms with Crippen LogP contribution in [0, 0.1) is 6.92 Å². The largest absolute Gasteiger partial charge is 0.481 e. The average Bonchev–Trinajstić information content (AvgIpc) is 2.68. The van der Waals surface area contributed by atoms with Crippen molar-refractivity contribution >= 4 is 11.9 Å². The van der Waals surface area contributed by atoms with Crippen LogP contribution in [0.15, 0.2) is 4.52 Å². The molecule has 1 amide bonds. The number of carboxylic acid groups (broad SMARTS) is 1. The average molecular weight is 282 g/mol. The summed E-state index contributed by atoms with van der Waals surface area (Å²) in [6, 6.07) is 0. The lowest BCUT2D eigenvalue weighted by molar-refractivity contribution is -0.137. The van der Waals surface area contributed by atoms with Crippen molar-refractivity contribution in [3.05, 3.63) is 17.0 Å². The molecule has 112 valence electrons. The summed E-state index contributed by atoms with van der Waals surface area (Å²) in [4.78, 5) is 25.0. The first kappa shape index (κ1) is 16.2. The molecule has 1 heterocycles. The quantitative estimate of drug-likeness (QED) is 0.895. The van der Waals surface area contributed by atoms with Gasteiger partial charge in [0.1, 0.15) is 11.3 Å². The molecule has 6 heteroatoms. The molecule has 0 aromatic carbocycles. The zero-order chi connectivity index (χ0) is 15.5. The molecule has 0 aliphatic rings. The summed E-state index contributed by atoms with van der Waals surface area (Å²) in [6.45, 7) is 9.37. The Labute approximate surface area is 118 Å². The number of rotatable bonds is 5. The smallest absolute Gasteiger partial charge is 0.305 e. The molecule has 20 heavy (non-hydrogen) atoms. The Hall–Kier alpha value is -1.85. The van der Waals surface area contributed by atoms with Gasteiger partial charge in [-0.05, 0) is 34.1 Å². The van der Waals surface area contributed by atoms with E-state index >= 15 is 0 Å². The summed E-state index contributed by atoms with van der Waals surface area (Å²) >= 11 is 0. The molecule has 0 atom stereocenters. The van der Waals surface area contributed by atoms with Crippen molar-refractivity contribution in [1.29, 1.82) is 0 Å². The van der Waals surface area contributed by atoms with Crippen LogP contribution in [0.5, 0.6) is 0 Å². The molecule has 0 aliphatic heterocycles. The van der Waals surface area contributed by atoms with Crippen LogP contribution in [-0.2, 0) is 11.2 Å². The van der Waals surface area contributed by atoms with Crippen LogP contribution in [0.3, 0.4) is 0 Å². The summed E-state index contributed by atoms with van der Waals surface area (Å²) in [6.07, 6.45) is 0.504. The van der Waals surface area contributed by atoms with E-state index in [1.54, 1.807) is 11.8 Å². The second-order valence-corrected chi connectivity index (χ2v) is 5.69. The number of carbonyl (C=O) groups excluding carboxylic acids is 1. The van der Waals surface area contributed by atoms with Gasteiger partial charge in [0.05, 0.1) is 12.1 Å². The zero-order valence-electron chi connectivity index (χ0n) is 12.7. The lowest BCUT2D eigenvalue weighted by Gasteiger charge is -2.35. The maximum absolute atomic E-state index is 12.7. The lowest BCUT2D eigenvalue weighted by Crippen LogP contribution is -2.47. The molecule has 0 saturated heterocycles. The number of nitrogens with zero attached hydrogens (tertiary/aromatic N) is 2. The van der Waals surface area contributed by atoms with E-state index in [2.05, 4.69) is 5.16 Å². The molecule has 1 N–H and O–H groups in total. The molecule has 1 aromatic rings. The molecule has 0 fully saturated rings. The highest BCUT2D eigenvalue weighted by molar-refractivity contribution is 5.96. The minimum atomic E-state index is -0.926. The fourth-order valence-corrected chi connectivity index (χ4v) is 2.02. The van der Waals surface area contributed by atoms with E-state index in [0.717, 1.165) is 0 Å². The van der Waals surface area contributed by atoms with Gasteiger partial charge in [0.2, 0.25) is 0 Å². The normalized spacial score (nSPS) is 11.4. The van der Waals surface area contributed by atoms with E-state index < -0.39 is 11.5 Å². The Morgan fingerprint density at radius 3 is 2.40 bits per heavy atom. The number of aromatic nitrogens is 1. The SMILES string of the molecule is CCc1noc(C)c1C(=O)N(CCC(=O)O)C(C)(C)C. The number of amides is 1. The second kappa shape index (κ2) is 6.07. The summed E-state index contributed by atoms with van der Waals surface area (Å²) in [5.74, 6) is -0.685. The predicted octanol–water partition coefficient (Wildman–Crippen LogP) is 2.26. The van der Waals surface area contributed by atoms with Crippen LogP contribution in [0.2, 0.25) is 0 Å². The third-order valence-electron chi connectivity index (χ3n) is 3.09. The van der Waals surface area contributed by atoms with Gasteiger partial charge in [-0.15, -0.1) is 0 Å². The first-order chi connectivity index (χ1) is 9.18. The van der Waals surface area contributed by atoms with Gasteiger partial charge in [0.15, 0.2) is 0 Å². The van der Waals surface area contributed by atoms with Gasteiger partial charge in [-0.2, -0.15) is 0 Å². The summed E-state index contributed by atoms with van der Waals surface area (Å²) in [7, 11) is 0. The van der Waals surface area contributed by atoms with E-state index in [-0.39, 0.29) is 18.9 Å². The Kier molecular flexibility index (Phi) is 4.92. The monoisotopic (exact) mass is 282 g/mol. The van der Waals surface area contributed by atoms with Gasteiger partial charge in [-0.3, -0.25) is 9.59 Å². The molecule has 0 bridgehead atoms. The van der Waals surface area contributed by atoms with Crippen LogP contribution < -0.4 is 0 Å². The number of aliphatic carboxylic acids is 1. The van der Waals surface area contributed by atoms with Crippen LogP contribution in [0.25, 0.3) is 0 Å². The van der Waals surface area contributed by atoms with E-state index in [1.165, 1.54) is 0 Å². The first-order valence-corrected chi connectivity index (χ1v) is 6.67. The number of carbonyl (C=O) groups is 2. The highest BCUT2D eigenvalue weighted by Gasteiger charge is 2.31. The number of hydrogen-bond donors (Lipinski definition) is 1. The maximum Gasteiger partial charge on any atom is 0.305 e. The van der Waals surface area contributed by atoms with Gasteiger partial charge >= 0.3 is 5.97 Å².